The number of aryl methyl sites for hydroxylation is 1. The van der Waals surface area contributed by atoms with E-state index in [9.17, 15) is 0 Å². The SMILES string of the molecule is COc1nc(C)nc(NC(C)CO)c1C. The molecule has 84 valence electrons. The summed E-state index contributed by atoms with van der Waals surface area (Å²) in [5.41, 5.74) is 0.850. The third-order valence-electron chi connectivity index (χ3n) is 2.06. The Bertz CT molecular complexity index is 342. The second kappa shape index (κ2) is 4.93. The summed E-state index contributed by atoms with van der Waals surface area (Å²) in [6, 6.07) is -0.0392. The molecule has 0 aliphatic heterocycles. The molecule has 1 aromatic heterocycles. The minimum atomic E-state index is -0.0392. The Balaban J connectivity index is 3.01. The number of rotatable bonds is 4. The predicted molar refractivity (Wildman–Crippen MR) is 58.2 cm³/mol. The molecule has 5 heteroatoms. The fourth-order valence-electron chi connectivity index (χ4n) is 1.22. The van der Waals surface area contributed by atoms with E-state index in [0.717, 1.165) is 5.56 Å². The van der Waals surface area contributed by atoms with Crippen molar-refractivity contribution in [3.63, 3.8) is 0 Å². The Morgan fingerprint density at radius 3 is 2.60 bits per heavy atom. The van der Waals surface area contributed by atoms with Gasteiger partial charge in [0.2, 0.25) is 5.88 Å². The molecule has 0 saturated heterocycles. The van der Waals surface area contributed by atoms with Crippen molar-refractivity contribution in [3.05, 3.63) is 11.4 Å². The minimum Gasteiger partial charge on any atom is -0.481 e. The fraction of sp³-hybridized carbons (Fsp3) is 0.600. The Morgan fingerprint density at radius 1 is 1.40 bits per heavy atom. The van der Waals surface area contributed by atoms with Crippen LogP contribution in [0.1, 0.15) is 18.3 Å². The van der Waals surface area contributed by atoms with Gasteiger partial charge in [-0.2, -0.15) is 4.98 Å². The van der Waals surface area contributed by atoms with Crippen molar-refractivity contribution in [2.24, 2.45) is 0 Å². The average molecular weight is 211 g/mol. The number of nitrogens with zero attached hydrogens (tertiary/aromatic N) is 2. The Kier molecular flexibility index (Phi) is 3.85. The monoisotopic (exact) mass is 211 g/mol. The van der Waals surface area contributed by atoms with Crippen LogP contribution in [0.5, 0.6) is 5.88 Å². The number of anilines is 1. The maximum atomic E-state index is 8.95. The maximum absolute atomic E-state index is 8.95. The van der Waals surface area contributed by atoms with Gasteiger partial charge in [0.05, 0.1) is 19.3 Å². The highest BCUT2D eigenvalue weighted by Crippen LogP contribution is 2.21. The molecule has 1 atom stereocenters. The van der Waals surface area contributed by atoms with Crippen molar-refractivity contribution in [2.45, 2.75) is 26.8 Å². The Morgan fingerprint density at radius 2 is 2.07 bits per heavy atom. The van der Waals surface area contributed by atoms with Crippen LogP contribution >= 0.6 is 0 Å². The predicted octanol–water partition coefficient (Wildman–Crippen LogP) is 0.895. The van der Waals surface area contributed by atoms with Crippen LogP contribution in [0.15, 0.2) is 0 Å². The zero-order valence-electron chi connectivity index (χ0n) is 9.53. The molecule has 0 aliphatic carbocycles. The standard InChI is InChI=1S/C10H17N3O2/c1-6(5-14)11-9-7(2)10(15-4)13-8(3)12-9/h6,14H,5H2,1-4H3,(H,11,12,13). The summed E-state index contributed by atoms with van der Waals surface area (Å²) >= 11 is 0. The quantitative estimate of drug-likeness (QED) is 0.774. The Hall–Kier alpha value is -1.36. The molecule has 0 fully saturated rings. The third-order valence-corrected chi connectivity index (χ3v) is 2.06. The van der Waals surface area contributed by atoms with E-state index in [-0.39, 0.29) is 12.6 Å². The Labute approximate surface area is 89.5 Å². The molecule has 0 bridgehead atoms. The van der Waals surface area contributed by atoms with Crippen molar-refractivity contribution in [1.29, 1.82) is 0 Å². The first-order valence-electron chi connectivity index (χ1n) is 4.85. The summed E-state index contributed by atoms with van der Waals surface area (Å²) in [7, 11) is 1.58. The lowest BCUT2D eigenvalue weighted by molar-refractivity contribution is 0.281. The second-order valence-corrected chi connectivity index (χ2v) is 3.48. The molecule has 15 heavy (non-hydrogen) atoms. The molecule has 1 aromatic rings. The van der Waals surface area contributed by atoms with Crippen LogP contribution in [0.2, 0.25) is 0 Å². The van der Waals surface area contributed by atoms with Gasteiger partial charge in [-0.25, -0.2) is 4.98 Å². The van der Waals surface area contributed by atoms with Crippen molar-refractivity contribution in [2.75, 3.05) is 19.0 Å². The molecule has 1 heterocycles. The van der Waals surface area contributed by atoms with E-state index >= 15 is 0 Å². The molecule has 0 spiro atoms. The number of nitrogens with one attached hydrogen (secondary N) is 1. The van der Waals surface area contributed by atoms with Crippen molar-refractivity contribution in [3.8, 4) is 5.88 Å². The summed E-state index contributed by atoms with van der Waals surface area (Å²) in [5, 5.41) is 12.0. The van der Waals surface area contributed by atoms with Gasteiger partial charge in [0.15, 0.2) is 0 Å². The van der Waals surface area contributed by atoms with Gasteiger partial charge in [-0.05, 0) is 20.8 Å². The van der Waals surface area contributed by atoms with Crippen LogP contribution in [0, 0.1) is 13.8 Å². The van der Waals surface area contributed by atoms with Gasteiger partial charge >= 0.3 is 0 Å². The summed E-state index contributed by atoms with van der Waals surface area (Å²) in [5.74, 6) is 1.92. The van der Waals surface area contributed by atoms with E-state index in [1.807, 2.05) is 13.8 Å². The average Bonchev–Trinajstić information content (AvgIpc) is 2.22. The number of ether oxygens (including phenoxy) is 1. The van der Waals surface area contributed by atoms with E-state index in [2.05, 4.69) is 15.3 Å². The highest BCUT2D eigenvalue weighted by atomic mass is 16.5. The number of aromatic nitrogens is 2. The maximum Gasteiger partial charge on any atom is 0.221 e. The molecule has 0 amide bonds. The second-order valence-electron chi connectivity index (χ2n) is 3.48. The molecule has 0 aromatic carbocycles. The summed E-state index contributed by atoms with van der Waals surface area (Å²) in [6.45, 7) is 5.62. The molecule has 0 aliphatic rings. The van der Waals surface area contributed by atoms with E-state index in [1.54, 1.807) is 14.0 Å². The van der Waals surface area contributed by atoms with Gasteiger partial charge < -0.3 is 15.2 Å². The normalized spacial score (nSPS) is 12.3. The van der Waals surface area contributed by atoms with Crippen LogP contribution in [-0.2, 0) is 0 Å². The molecule has 1 unspecified atom stereocenters. The van der Waals surface area contributed by atoms with Gasteiger partial charge in [-0.3, -0.25) is 0 Å². The molecule has 5 nitrogen and oxygen atoms in total. The third kappa shape index (κ3) is 2.79. The molecule has 0 saturated carbocycles. The summed E-state index contributed by atoms with van der Waals surface area (Å²) in [4.78, 5) is 8.41. The van der Waals surface area contributed by atoms with Gasteiger partial charge in [0.1, 0.15) is 11.6 Å². The first kappa shape index (κ1) is 11.7. The molecule has 1 rings (SSSR count). The topological polar surface area (TPSA) is 67.3 Å². The highest BCUT2D eigenvalue weighted by molar-refractivity contribution is 5.49. The summed E-state index contributed by atoms with van der Waals surface area (Å²) in [6.07, 6.45) is 0. The van der Waals surface area contributed by atoms with Crippen LogP contribution in [0.25, 0.3) is 0 Å². The molecule has 2 N–H and O–H groups in total. The number of aliphatic hydroxyl groups excluding tert-OH is 1. The number of hydrogen-bond acceptors (Lipinski definition) is 5. The lowest BCUT2D eigenvalue weighted by Crippen LogP contribution is -2.21. The number of hydrogen-bond donors (Lipinski definition) is 2. The van der Waals surface area contributed by atoms with Gasteiger partial charge in [-0.1, -0.05) is 0 Å². The van der Waals surface area contributed by atoms with E-state index < -0.39 is 0 Å². The van der Waals surface area contributed by atoms with Gasteiger partial charge in [-0.15, -0.1) is 0 Å². The van der Waals surface area contributed by atoms with Crippen molar-refractivity contribution < 1.29 is 9.84 Å². The van der Waals surface area contributed by atoms with E-state index in [1.165, 1.54) is 0 Å². The molecule has 0 radical (unpaired) electrons. The molecular formula is C10H17N3O2. The van der Waals surface area contributed by atoms with Crippen LogP contribution < -0.4 is 10.1 Å². The first-order valence-corrected chi connectivity index (χ1v) is 4.85. The van der Waals surface area contributed by atoms with Crippen LogP contribution in [-0.4, -0.2) is 34.8 Å². The zero-order chi connectivity index (χ0) is 11.4. The highest BCUT2D eigenvalue weighted by Gasteiger charge is 2.10. The van der Waals surface area contributed by atoms with Crippen molar-refractivity contribution >= 4 is 5.82 Å². The first-order chi connectivity index (χ1) is 7.08. The summed E-state index contributed by atoms with van der Waals surface area (Å²) < 4.78 is 5.13. The molecular weight excluding hydrogens is 194 g/mol. The number of methoxy groups -OCH3 is 1. The lowest BCUT2D eigenvalue weighted by Gasteiger charge is -2.15. The van der Waals surface area contributed by atoms with Crippen LogP contribution in [0.4, 0.5) is 5.82 Å². The van der Waals surface area contributed by atoms with E-state index in [0.29, 0.717) is 17.5 Å². The van der Waals surface area contributed by atoms with Crippen molar-refractivity contribution in [1.82, 2.24) is 9.97 Å². The number of aliphatic hydroxyl groups is 1. The van der Waals surface area contributed by atoms with Gasteiger partial charge in [0, 0.05) is 6.04 Å². The van der Waals surface area contributed by atoms with E-state index in [4.69, 9.17) is 9.84 Å². The largest absolute Gasteiger partial charge is 0.481 e. The smallest absolute Gasteiger partial charge is 0.221 e. The minimum absolute atomic E-state index is 0.0392. The van der Waals surface area contributed by atoms with Crippen LogP contribution in [0.3, 0.4) is 0 Å². The zero-order valence-corrected chi connectivity index (χ0v) is 9.53. The fourth-order valence-corrected chi connectivity index (χ4v) is 1.22. The van der Waals surface area contributed by atoms with Gasteiger partial charge in [0.25, 0.3) is 0 Å². The lowest BCUT2D eigenvalue weighted by atomic mass is 10.3.